The molecule has 0 atom stereocenters. The van der Waals surface area contributed by atoms with Crippen LogP contribution < -0.4 is 0 Å². The van der Waals surface area contributed by atoms with E-state index in [0.29, 0.717) is 11.5 Å². The van der Waals surface area contributed by atoms with Gasteiger partial charge in [0.2, 0.25) is 0 Å². The molecule has 0 saturated heterocycles. The van der Waals surface area contributed by atoms with E-state index in [9.17, 15) is 4.79 Å². The van der Waals surface area contributed by atoms with Crippen LogP contribution in [0, 0.1) is 17.8 Å². The molecule has 2 rings (SSSR count). The zero-order valence-corrected chi connectivity index (χ0v) is 9.61. The molecule has 0 amide bonds. The van der Waals surface area contributed by atoms with Gasteiger partial charge in [0.25, 0.3) is 0 Å². The number of carbonyl (C=O) groups excluding carboxylic acids is 1. The lowest BCUT2D eigenvalue weighted by molar-refractivity contribution is 0.0549. The van der Waals surface area contributed by atoms with Crippen molar-refractivity contribution in [1.82, 2.24) is 0 Å². The van der Waals surface area contributed by atoms with Gasteiger partial charge in [0.15, 0.2) is 0 Å². The molecule has 0 aromatic heterocycles. The first-order valence-corrected chi connectivity index (χ1v) is 5.70. The third kappa shape index (κ3) is 3.22. The molecule has 0 radical (unpaired) electrons. The summed E-state index contributed by atoms with van der Waals surface area (Å²) in [4.78, 5) is 11.7. The summed E-state index contributed by atoms with van der Waals surface area (Å²) >= 11 is 0. The topological polar surface area (TPSA) is 26.3 Å². The molecule has 0 unspecified atom stereocenters. The Morgan fingerprint density at radius 1 is 1.47 bits per heavy atom. The van der Waals surface area contributed by atoms with E-state index in [1.165, 1.54) is 12.8 Å². The minimum absolute atomic E-state index is 0.225. The molecule has 1 aliphatic carbocycles. The molecule has 17 heavy (non-hydrogen) atoms. The molecule has 1 fully saturated rings. The summed E-state index contributed by atoms with van der Waals surface area (Å²) in [5, 5.41) is 0. The Morgan fingerprint density at radius 2 is 2.24 bits per heavy atom. The number of benzene rings is 1. The van der Waals surface area contributed by atoms with Crippen LogP contribution >= 0.6 is 0 Å². The van der Waals surface area contributed by atoms with Crippen LogP contribution in [0.4, 0.5) is 0 Å². The fraction of sp³-hybridized carbons (Fsp3) is 0.267. The van der Waals surface area contributed by atoms with Gasteiger partial charge in [0, 0.05) is 11.5 Å². The van der Waals surface area contributed by atoms with Gasteiger partial charge in [-0.05, 0) is 25.0 Å². The van der Waals surface area contributed by atoms with Crippen molar-refractivity contribution in [2.75, 3.05) is 6.61 Å². The molecule has 1 aliphatic rings. The Bertz CT molecular complexity index is 487. The third-order valence-electron chi connectivity index (χ3n) is 2.47. The van der Waals surface area contributed by atoms with Crippen molar-refractivity contribution in [2.45, 2.75) is 12.8 Å². The number of hydrogen-bond donors (Lipinski definition) is 0. The predicted octanol–water partition coefficient (Wildman–Crippen LogP) is 2.79. The Balaban J connectivity index is 2.17. The van der Waals surface area contributed by atoms with Crippen molar-refractivity contribution in [3.05, 3.63) is 48.0 Å². The van der Waals surface area contributed by atoms with E-state index in [-0.39, 0.29) is 12.6 Å². The Hall–Kier alpha value is -2.01. The monoisotopic (exact) mass is 226 g/mol. The fourth-order valence-electron chi connectivity index (χ4n) is 1.39. The number of ether oxygens (including phenoxy) is 1. The quantitative estimate of drug-likeness (QED) is 0.450. The van der Waals surface area contributed by atoms with Gasteiger partial charge in [0.1, 0.15) is 6.61 Å². The van der Waals surface area contributed by atoms with Gasteiger partial charge in [-0.2, -0.15) is 0 Å². The summed E-state index contributed by atoms with van der Waals surface area (Å²) in [6.45, 7) is 3.74. The number of carbonyl (C=O) groups is 1. The zero-order chi connectivity index (χ0) is 12.1. The zero-order valence-electron chi connectivity index (χ0n) is 9.61. The third-order valence-corrected chi connectivity index (χ3v) is 2.47. The van der Waals surface area contributed by atoms with E-state index < -0.39 is 0 Å². The molecule has 86 valence electrons. The second-order valence-corrected chi connectivity index (χ2v) is 3.98. The molecule has 2 nitrogen and oxygen atoms in total. The Kier molecular flexibility index (Phi) is 3.62. The van der Waals surface area contributed by atoms with Crippen LogP contribution in [0.1, 0.15) is 28.8 Å². The molecule has 1 saturated carbocycles. The van der Waals surface area contributed by atoms with Crippen LogP contribution in [0.5, 0.6) is 0 Å². The maximum absolute atomic E-state index is 11.7. The molecule has 0 N–H and O–H groups in total. The normalized spacial score (nSPS) is 13.4. The van der Waals surface area contributed by atoms with Crippen LogP contribution in [0.15, 0.2) is 36.9 Å². The van der Waals surface area contributed by atoms with E-state index in [2.05, 4.69) is 18.4 Å². The predicted molar refractivity (Wildman–Crippen MR) is 66.5 cm³/mol. The number of hydrogen-bond acceptors (Lipinski definition) is 2. The van der Waals surface area contributed by atoms with Crippen molar-refractivity contribution in [2.24, 2.45) is 5.92 Å². The summed E-state index contributed by atoms with van der Waals surface area (Å²) < 4.78 is 5.02. The molecule has 0 aliphatic heterocycles. The standard InChI is InChI=1S/C15H14O2/c1-2-11-17-15(16)14-6-4-3-5-13(14)10-9-12-7-8-12/h2-6,12H,1,7-8,11H2. The first-order chi connectivity index (χ1) is 8.31. The average Bonchev–Trinajstić information content (AvgIpc) is 3.18. The highest BCUT2D eigenvalue weighted by atomic mass is 16.5. The van der Waals surface area contributed by atoms with Gasteiger partial charge in [-0.15, -0.1) is 0 Å². The molecule has 1 aromatic rings. The van der Waals surface area contributed by atoms with E-state index >= 15 is 0 Å². The van der Waals surface area contributed by atoms with Crippen LogP contribution in [0.2, 0.25) is 0 Å². The SMILES string of the molecule is C=CCOC(=O)c1ccccc1C#CC1CC1. The lowest BCUT2D eigenvalue weighted by Gasteiger charge is -2.03. The second kappa shape index (κ2) is 5.36. The second-order valence-electron chi connectivity index (χ2n) is 3.98. The van der Waals surface area contributed by atoms with Gasteiger partial charge in [-0.3, -0.25) is 0 Å². The molecule has 0 heterocycles. The summed E-state index contributed by atoms with van der Waals surface area (Å²) in [5.41, 5.74) is 1.27. The Morgan fingerprint density at radius 3 is 2.94 bits per heavy atom. The van der Waals surface area contributed by atoms with E-state index in [4.69, 9.17) is 4.74 Å². The largest absolute Gasteiger partial charge is 0.458 e. The van der Waals surface area contributed by atoms with E-state index in [1.807, 2.05) is 18.2 Å². The van der Waals surface area contributed by atoms with Crippen LogP contribution in [-0.4, -0.2) is 12.6 Å². The van der Waals surface area contributed by atoms with Crippen molar-refractivity contribution in [3.63, 3.8) is 0 Å². The molecule has 0 bridgehead atoms. The van der Waals surface area contributed by atoms with Crippen molar-refractivity contribution in [3.8, 4) is 11.8 Å². The van der Waals surface area contributed by atoms with Gasteiger partial charge >= 0.3 is 5.97 Å². The maximum atomic E-state index is 11.7. The van der Waals surface area contributed by atoms with E-state index in [1.54, 1.807) is 12.1 Å². The van der Waals surface area contributed by atoms with E-state index in [0.717, 1.165) is 5.56 Å². The van der Waals surface area contributed by atoms with Gasteiger partial charge < -0.3 is 4.74 Å². The smallest absolute Gasteiger partial charge is 0.339 e. The van der Waals surface area contributed by atoms with Crippen LogP contribution in [0.25, 0.3) is 0 Å². The van der Waals surface area contributed by atoms with Gasteiger partial charge in [-0.25, -0.2) is 4.79 Å². The van der Waals surface area contributed by atoms with Crippen LogP contribution in [-0.2, 0) is 4.74 Å². The molecular weight excluding hydrogens is 212 g/mol. The lowest BCUT2D eigenvalue weighted by Crippen LogP contribution is -2.07. The van der Waals surface area contributed by atoms with Crippen molar-refractivity contribution in [1.29, 1.82) is 0 Å². The van der Waals surface area contributed by atoms with Crippen molar-refractivity contribution < 1.29 is 9.53 Å². The highest BCUT2D eigenvalue weighted by Gasteiger charge is 2.18. The molecule has 2 heteroatoms. The lowest BCUT2D eigenvalue weighted by atomic mass is 10.1. The van der Waals surface area contributed by atoms with Crippen LogP contribution in [0.3, 0.4) is 0 Å². The summed E-state index contributed by atoms with van der Waals surface area (Å²) in [7, 11) is 0. The number of rotatable bonds is 3. The minimum Gasteiger partial charge on any atom is -0.458 e. The molecular formula is C15H14O2. The molecule has 1 aromatic carbocycles. The maximum Gasteiger partial charge on any atom is 0.339 e. The summed E-state index contributed by atoms with van der Waals surface area (Å²) in [6, 6.07) is 7.27. The first kappa shape index (κ1) is 11.5. The Labute approximate surface area is 101 Å². The first-order valence-electron chi connectivity index (χ1n) is 5.70. The minimum atomic E-state index is -0.342. The highest BCUT2D eigenvalue weighted by molar-refractivity contribution is 5.92. The average molecular weight is 226 g/mol. The fourth-order valence-corrected chi connectivity index (χ4v) is 1.39. The van der Waals surface area contributed by atoms with Gasteiger partial charge in [-0.1, -0.05) is 36.6 Å². The number of esters is 1. The summed E-state index contributed by atoms with van der Waals surface area (Å²) in [6.07, 6.45) is 3.91. The summed E-state index contributed by atoms with van der Waals surface area (Å²) in [5.74, 6) is 6.38. The van der Waals surface area contributed by atoms with Gasteiger partial charge in [0.05, 0.1) is 5.56 Å². The van der Waals surface area contributed by atoms with Crippen molar-refractivity contribution >= 4 is 5.97 Å². The highest BCUT2D eigenvalue weighted by Crippen LogP contribution is 2.27. The molecule has 0 spiro atoms.